The van der Waals surface area contributed by atoms with Gasteiger partial charge < -0.3 is 20.5 Å². The molecule has 0 aromatic heterocycles. The molecule has 1 rings (SSSR count). The van der Waals surface area contributed by atoms with Crippen molar-refractivity contribution in [1.82, 2.24) is 10.6 Å². The molecule has 0 bridgehead atoms. The SMILES string of the molecule is C=CCSCCNC(=NCC(O)c1cccc(OC(C)C)c1)NCC. The van der Waals surface area contributed by atoms with Gasteiger partial charge in [-0.05, 0) is 38.5 Å². The molecular formula is C19H31N3O2S. The molecule has 0 aliphatic rings. The molecule has 3 N–H and O–H groups in total. The Bertz CT molecular complexity index is 535. The molecule has 0 saturated heterocycles. The van der Waals surface area contributed by atoms with Gasteiger partial charge in [0.25, 0.3) is 0 Å². The summed E-state index contributed by atoms with van der Waals surface area (Å²) < 4.78 is 5.67. The number of aliphatic hydroxyl groups excluding tert-OH is 1. The monoisotopic (exact) mass is 365 g/mol. The number of thioether (sulfide) groups is 1. The van der Waals surface area contributed by atoms with Crippen molar-refractivity contribution in [3.63, 3.8) is 0 Å². The fourth-order valence-corrected chi connectivity index (χ4v) is 2.68. The largest absolute Gasteiger partial charge is 0.491 e. The van der Waals surface area contributed by atoms with Crippen molar-refractivity contribution in [3.05, 3.63) is 42.5 Å². The van der Waals surface area contributed by atoms with Crippen LogP contribution in [0.4, 0.5) is 0 Å². The molecule has 0 heterocycles. The van der Waals surface area contributed by atoms with Gasteiger partial charge in [0.05, 0.1) is 18.8 Å². The number of benzene rings is 1. The molecule has 0 fully saturated rings. The van der Waals surface area contributed by atoms with Gasteiger partial charge in [-0.1, -0.05) is 18.2 Å². The molecule has 140 valence electrons. The topological polar surface area (TPSA) is 65.9 Å². The predicted octanol–water partition coefficient (Wildman–Crippen LogP) is 2.98. The number of nitrogens with one attached hydrogen (secondary N) is 2. The Kier molecular flexibility index (Phi) is 10.8. The van der Waals surface area contributed by atoms with Crippen LogP contribution in [0.15, 0.2) is 41.9 Å². The molecule has 25 heavy (non-hydrogen) atoms. The van der Waals surface area contributed by atoms with Gasteiger partial charge >= 0.3 is 0 Å². The van der Waals surface area contributed by atoms with Crippen LogP contribution in [0.1, 0.15) is 32.4 Å². The van der Waals surface area contributed by atoms with Gasteiger partial charge in [0, 0.05) is 24.6 Å². The highest BCUT2D eigenvalue weighted by molar-refractivity contribution is 7.99. The summed E-state index contributed by atoms with van der Waals surface area (Å²) >= 11 is 1.81. The minimum atomic E-state index is -0.665. The summed E-state index contributed by atoms with van der Waals surface area (Å²) in [6.45, 7) is 11.6. The molecule has 0 amide bonds. The zero-order valence-corrected chi connectivity index (χ0v) is 16.3. The van der Waals surface area contributed by atoms with Crippen LogP contribution in [0.5, 0.6) is 5.75 Å². The molecular weight excluding hydrogens is 334 g/mol. The Balaban J connectivity index is 2.57. The molecule has 1 atom stereocenters. The zero-order chi connectivity index (χ0) is 18.5. The second-order valence-corrected chi connectivity index (χ2v) is 6.91. The van der Waals surface area contributed by atoms with Crippen LogP contribution in [0.3, 0.4) is 0 Å². The molecule has 0 aliphatic carbocycles. The maximum Gasteiger partial charge on any atom is 0.191 e. The van der Waals surface area contributed by atoms with E-state index in [2.05, 4.69) is 22.2 Å². The Morgan fingerprint density at radius 3 is 2.88 bits per heavy atom. The molecule has 1 aromatic carbocycles. The standard InChI is InChI=1S/C19H31N3O2S/c1-5-11-25-12-10-21-19(20-6-2)22-14-18(23)16-8-7-9-17(13-16)24-15(3)4/h5,7-9,13,15,18,23H,1,6,10-12,14H2,2-4H3,(H2,20,21,22). The third kappa shape index (κ3) is 9.41. The van der Waals surface area contributed by atoms with E-state index in [1.165, 1.54) is 0 Å². The van der Waals surface area contributed by atoms with Gasteiger partial charge in [-0.15, -0.1) is 6.58 Å². The van der Waals surface area contributed by atoms with Gasteiger partial charge in [-0.2, -0.15) is 11.8 Å². The summed E-state index contributed by atoms with van der Waals surface area (Å²) in [6.07, 6.45) is 1.34. The summed E-state index contributed by atoms with van der Waals surface area (Å²) in [5, 5.41) is 16.9. The number of nitrogens with zero attached hydrogens (tertiary/aromatic N) is 1. The van der Waals surface area contributed by atoms with E-state index < -0.39 is 6.10 Å². The molecule has 1 unspecified atom stereocenters. The summed E-state index contributed by atoms with van der Waals surface area (Å²) in [6, 6.07) is 7.54. The highest BCUT2D eigenvalue weighted by Gasteiger charge is 2.09. The zero-order valence-electron chi connectivity index (χ0n) is 15.5. The Hall–Kier alpha value is -1.66. The first-order valence-electron chi connectivity index (χ1n) is 8.72. The van der Waals surface area contributed by atoms with E-state index in [-0.39, 0.29) is 6.10 Å². The molecule has 0 spiro atoms. The first kappa shape index (κ1) is 21.4. The second-order valence-electron chi connectivity index (χ2n) is 5.76. The average molecular weight is 366 g/mol. The first-order valence-corrected chi connectivity index (χ1v) is 9.87. The van der Waals surface area contributed by atoms with Crippen molar-refractivity contribution in [3.8, 4) is 5.75 Å². The normalized spacial score (nSPS) is 12.8. The summed E-state index contributed by atoms with van der Waals surface area (Å²) in [5.41, 5.74) is 0.805. The first-order chi connectivity index (χ1) is 12.1. The van der Waals surface area contributed by atoms with Crippen LogP contribution in [-0.2, 0) is 0 Å². The molecule has 0 radical (unpaired) electrons. The van der Waals surface area contributed by atoms with Gasteiger partial charge in [0.2, 0.25) is 0 Å². The predicted molar refractivity (Wildman–Crippen MR) is 109 cm³/mol. The number of hydrogen-bond donors (Lipinski definition) is 3. The maximum absolute atomic E-state index is 10.4. The van der Waals surface area contributed by atoms with E-state index in [0.717, 1.165) is 41.9 Å². The lowest BCUT2D eigenvalue weighted by Crippen LogP contribution is -2.38. The fraction of sp³-hybridized carbons (Fsp3) is 0.526. The number of aliphatic imine (C=N–C) groups is 1. The van der Waals surface area contributed by atoms with E-state index in [1.807, 2.05) is 62.9 Å². The van der Waals surface area contributed by atoms with Crippen LogP contribution in [-0.4, -0.2) is 48.3 Å². The number of hydrogen-bond acceptors (Lipinski definition) is 4. The van der Waals surface area contributed by atoms with E-state index in [1.54, 1.807) is 0 Å². The van der Waals surface area contributed by atoms with Crippen LogP contribution < -0.4 is 15.4 Å². The third-order valence-electron chi connectivity index (χ3n) is 3.16. The van der Waals surface area contributed by atoms with E-state index in [9.17, 15) is 5.11 Å². The van der Waals surface area contributed by atoms with E-state index in [4.69, 9.17) is 4.74 Å². The Labute approximate surface area is 156 Å². The second kappa shape index (κ2) is 12.7. The maximum atomic E-state index is 10.4. The van der Waals surface area contributed by atoms with Crippen molar-refractivity contribution < 1.29 is 9.84 Å². The van der Waals surface area contributed by atoms with Crippen LogP contribution in [0, 0.1) is 0 Å². The van der Waals surface area contributed by atoms with Crippen molar-refractivity contribution in [2.24, 2.45) is 4.99 Å². The average Bonchev–Trinajstić information content (AvgIpc) is 2.58. The van der Waals surface area contributed by atoms with E-state index in [0.29, 0.717) is 6.54 Å². The van der Waals surface area contributed by atoms with E-state index >= 15 is 0 Å². The summed E-state index contributed by atoms with van der Waals surface area (Å²) in [4.78, 5) is 4.47. The highest BCUT2D eigenvalue weighted by atomic mass is 32.2. The summed E-state index contributed by atoms with van der Waals surface area (Å²) in [7, 11) is 0. The minimum absolute atomic E-state index is 0.105. The minimum Gasteiger partial charge on any atom is -0.491 e. The smallest absolute Gasteiger partial charge is 0.191 e. The van der Waals surface area contributed by atoms with Crippen LogP contribution in [0.25, 0.3) is 0 Å². The molecule has 0 aliphatic heterocycles. The third-order valence-corrected chi connectivity index (χ3v) is 4.12. The van der Waals surface area contributed by atoms with Crippen molar-refractivity contribution in [2.45, 2.75) is 33.0 Å². The summed E-state index contributed by atoms with van der Waals surface area (Å²) in [5.74, 6) is 3.41. The molecule has 6 heteroatoms. The highest BCUT2D eigenvalue weighted by Crippen LogP contribution is 2.20. The number of guanidine groups is 1. The lowest BCUT2D eigenvalue weighted by molar-refractivity contribution is 0.185. The van der Waals surface area contributed by atoms with Gasteiger partial charge in [0.15, 0.2) is 5.96 Å². The lowest BCUT2D eigenvalue weighted by atomic mass is 10.1. The quantitative estimate of drug-likeness (QED) is 0.243. The Morgan fingerprint density at radius 1 is 1.40 bits per heavy atom. The van der Waals surface area contributed by atoms with Gasteiger partial charge in [-0.25, -0.2) is 0 Å². The van der Waals surface area contributed by atoms with Crippen molar-refractivity contribution in [1.29, 1.82) is 0 Å². The number of rotatable bonds is 11. The molecule has 5 nitrogen and oxygen atoms in total. The van der Waals surface area contributed by atoms with Gasteiger partial charge in [0.1, 0.15) is 5.75 Å². The number of ether oxygens (including phenoxy) is 1. The lowest BCUT2D eigenvalue weighted by Gasteiger charge is -2.15. The van der Waals surface area contributed by atoms with Crippen LogP contribution in [0.2, 0.25) is 0 Å². The molecule has 1 aromatic rings. The Morgan fingerprint density at radius 2 is 2.20 bits per heavy atom. The number of aliphatic hydroxyl groups is 1. The van der Waals surface area contributed by atoms with Crippen molar-refractivity contribution >= 4 is 17.7 Å². The fourth-order valence-electron chi connectivity index (χ4n) is 2.10. The van der Waals surface area contributed by atoms with Gasteiger partial charge in [-0.3, -0.25) is 4.99 Å². The molecule has 0 saturated carbocycles. The van der Waals surface area contributed by atoms with Crippen LogP contribution >= 0.6 is 11.8 Å². The van der Waals surface area contributed by atoms with Crippen molar-refractivity contribution in [2.75, 3.05) is 31.1 Å².